The quantitative estimate of drug-likeness (QED) is 0.720. The number of amides is 2. The van der Waals surface area contributed by atoms with Gasteiger partial charge in [0, 0.05) is 31.3 Å². The Morgan fingerprint density at radius 3 is 2.78 bits per heavy atom. The van der Waals surface area contributed by atoms with Gasteiger partial charge in [0.05, 0.1) is 6.54 Å². The van der Waals surface area contributed by atoms with Crippen molar-refractivity contribution in [3.05, 3.63) is 60.4 Å². The fourth-order valence-electron chi connectivity index (χ4n) is 2.60. The predicted molar refractivity (Wildman–Crippen MR) is 99.1 cm³/mol. The van der Waals surface area contributed by atoms with Crippen molar-refractivity contribution in [3.8, 4) is 11.3 Å². The van der Waals surface area contributed by atoms with Crippen molar-refractivity contribution < 1.29 is 14.0 Å². The highest BCUT2D eigenvalue weighted by Gasteiger charge is 2.15. The van der Waals surface area contributed by atoms with Crippen LogP contribution in [0.25, 0.3) is 11.3 Å². The van der Waals surface area contributed by atoms with Gasteiger partial charge in [-0.3, -0.25) is 14.3 Å². The Morgan fingerprint density at radius 1 is 1.26 bits per heavy atom. The molecule has 0 saturated heterocycles. The van der Waals surface area contributed by atoms with Gasteiger partial charge < -0.3 is 14.6 Å². The molecule has 0 aliphatic heterocycles. The van der Waals surface area contributed by atoms with Gasteiger partial charge in [0.1, 0.15) is 18.4 Å². The highest BCUT2D eigenvalue weighted by atomic mass is 16.4. The van der Waals surface area contributed by atoms with Crippen molar-refractivity contribution in [2.75, 3.05) is 14.1 Å². The van der Waals surface area contributed by atoms with E-state index in [9.17, 15) is 9.59 Å². The Morgan fingerprint density at radius 2 is 2.07 bits per heavy atom. The van der Waals surface area contributed by atoms with Crippen molar-refractivity contribution in [1.82, 2.24) is 25.0 Å². The molecule has 0 bridgehead atoms. The molecular weight excluding hydrogens is 346 g/mol. The number of carbonyl (C=O) groups excluding carboxylic acids is 2. The van der Waals surface area contributed by atoms with Crippen molar-refractivity contribution in [2.24, 2.45) is 0 Å². The summed E-state index contributed by atoms with van der Waals surface area (Å²) in [5, 5.41) is 6.96. The number of benzene rings is 1. The van der Waals surface area contributed by atoms with Gasteiger partial charge in [0.2, 0.25) is 0 Å². The molecule has 0 aliphatic rings. The van der Waals surface area contributed by atoms with Crippen LogP contribution in [0.3, 0.4) is 0 Å². The molecule has 0 spiro atoms. The lowest BCUT2D eigenvalue weighted by atomic mass is 10.1. The third-order valence-electron chi connectivity index (χ3n) is 3.94. The van der Waals surface area contributed by atoms with E-state index in [1.807, 2.05) is 13.0 Å². The summed E-state index contributed by atoms with van der Waals surface area (Å²) in [5.74, 6) is 0.384. The second kappa shape index (κ2) is 7.86. The molecule has 0 unspecified atom stereocenters. The Bertz CT molecular complexity index is 930. The maximum Gasteiger partial charge on any atom is 0.289 e. The first-order valence-electron chi connectivity index (χ1n) is 8.49. The standard InChI is InChI=1S/C19H21N5O3/c1-13(10-24-12-20-11-21-24)22-18(25)15-6-4-5-14(9-15)16-7-8-17(27-16)19(26)23(2)3/h4-9,11-13H,10H2,1-3H3,(H,22,25)/t13-/m0/s1. The SMILES string of the molecule is C[C@@H](Cn1cncn1)NC(=O)c1cccc(-c2ccc(C(=O)N(C)C)o2)c1. The molecule has 2 amide bonds. The first-order valence-corrected chi connectivity index (χ1v) is 8.49. The van der Waals surface area contributed by atoms with E-state index in [4.69, 9.17) is 4.42 Å². The second-order valence-electron chi connectivity index (χ2n) is 6.44. The molecule has 1 atom stereocenters. The molecule has 0 radical (unpaired) electrons. The summed E-state index contributed by atoms with van der Waals surface area (Å²) in [5.41, 5.74) is 1.24. The average molecular weight is 367 g/mol. The number of rotatable bonds is 6. The number of nitrogens with zero attached hydrogens (tertiary/aromatic N) is 4. The van der Waals surface area contributed by atoms with Gasteiger partial charge in [-0.1, -0.05) is 12.1 Å². The Hall–Kier alpha value is -3.42. The molecule has 3 aromatic rings. The molecule has 0 aliphatic carbocycles. The van der Waals surface area contributed by atoms with E-state index in [0.29, 0.717) is 17.9 Å². The van der Waals surface area contributed by atoms with Crippen LogP contribution in [-0.4, -0.2) is 51.6 Å². The molecule has 2 aromatic heterocycles. The zero-order chi connectivity index (χ0) is 19.4. The van der Waals surface area contributed by atoms with Crippen LogP contribution in [-0.2, 0) is 6.54 Å². The summed E-state index contributed by atoms with van der Waals surface area (Å²) in [6.07, 6.45) is 3.06. The molecular formula is C19H21N5O3. The van der Waals surface area contributed by atoms with Gasteiger partial charge in [-0.25, -0.2) is 4.98 Å². The minimum Gasteiger partial charge on any atom is -0.451 e. The molecule has 3 rings (SSSR count). The van der Waals surface area contributed by atoms with Gasteiger partial charge in [0.25, 0.3) is 11.8 Å². The van der Waals surface area contributed by atoms with Crippen molar-refractivity contribution in [3.63, 3.8) is 0 Å². The Labute approximate surface area is 156 Å². The summed E-state index contributed by atoms with van der Waals surface area (Å²) < 4.78 is 7.30. The van der Waals surface area contributed by atoms with Crippen LogP contribution in [0.2, 0.25) is 0 Å². The minimum absolute atomic E-state index is 0.115. The number of furan rings is 1. The minimum atomic E-state index is -0.211. The molecule has 1 N–H and O–H groups in total. The van der Waals surface area contributed by atoms with E-state index in [-0.39, 0.29) is 23.6 Å². The summed E-state index contributed by atoms with van der Waals surface area (Å²) >= 11 is 0. The van der Waals surface area contributed by atoms with E-state index < -0.39 is 0 Å². The molecule has 0 fully saturated rings. The van der Waals surface area contributed by atoms with Crippen molar-refractivity contribution in [1.29, 1.82) is 0 Å². The summed E-state index contributed by atoms with van der Waals surface area (Å²) in [4.78, 5) is 29.8. The summed E-state index contributed by atoms with van der Waals surface area (Å²) in [6, 6.07) is 10.3. The number of nitrogens with one attached hydrogen (secondary N) is 1. The monoisotopic (exact) mass is 367 g/mol. The number of carbonyl (C=O) groups is 2. The van der Waals surface area contributed by atoms with E-state index in [1.54, 1.807) is 55.4 Å². The zero-order valence-corrected chi connectivity index (χ0v) is 15.4. The first-order chi connectivity index (χ1) is 12.9. The van der Waals surface area contributed by atoms with Crippen LogP contribution in [0.15, 0.2) is 53.5 Å². The van der Waals surface area contributed by atoms with Gasteiger partial charge in [0.15, 0.2) is 5.76 Å². The first kappa shape index (κ1) is 18.4. The van der Waals surface area contributed by atoms with E-state index >= 15 is 0 Å². The third kappa shape index (κ3) is 4.41. The van der Waals surface area contributed by atoms with Crippen LogP contribution in [0, 0.1) is 0 Å². The molecule has 0 saturated carbocycles. The lowest BCUT2D eigenvalue weighted by Crippen LogP contribution is -2.35. The van der Waals surface area contributed by atoms with Gasteiger partial charge >= 0.3 is 0 Å². The molecule has 8 heteroatoms. The number of aromatic nitrogens is 3. The lowest BCUT2D eigenvalue weighted by molar-refractivity contribution is 0.0797. The van der Waals surface area contributed by atoms with Crippen LogP contribution < -0.4 is 5.32 Å². The maximum atomic E-state index is 12.5. The summed E-state index contributed by atoms with van der Waals surface area (Å²) in [7, 11) is 3.33. The number of hydrogen-bond acceptors (Lipinski definition) is 5. The topological polar surface area (TPSA) is 93.3 Å². The molecule has 8 nitrogen and oxygen atoms in total. The van der Waals surface area contributed by atoms with Crippen molar-refractivity contribution in [2.45, 2.75) is 19.5 Å². The zero-order valence-electron chi connectivity index (χ0n) is 15.4. The smallest absolute Gasteiger partial charge is 0.289 e. The Kier molecular flexibility index (Phi) is 5.35. The fraction of sp³-hybridized carbons (Fsp3) is 0.263. The average Bonchev–Trinajstić information content (AvgIpc) is 3.32. The van der Waals surface area contributed by atoms with Gasteiger partial charge in [-0.2, -0.15) is 5.10 Å². The second-order valence-corrected chi connectivity index (χ2v) is 6.44. The molecule has 1 aromatic carbocycles. The predicted octanol–water partition coefficient (Wildman–Crippen LogP) is 2.06. The Balaban J connectivity index is 1.71. The van der Waals surface area contributed by atoms with Gasteiger partial charge in [-0.05, 0) is 31.2 Å². The molecule has 140 valence electrons. The summed E-state index contributed by atoms with van der Waals surface area (Å²) in [6.45, 7) is 2.43. The molecule has 27 heavy (non-hydrogen) atoms. The van der Waals surface area contributed by atoms with Gasteiger partial charge in [-0.15, -0.1) is 0 Å². The van der Waals surface area contributed by atoms with Crippen LogP contribution >= 0.6 is 0 Å². The lowest BCUT2D eigenvalue weighted by Gasteiger charge is -2.14. The normalized spacial score (nSPS) is 11.8. The third-order valence-corrected chi connectivity index (χ3v) is 3.94. The number of hydrogen-bond donors (Lipinski definition) is 1. The largest absolute Gasteiger partial charge is 0.451 e. The van der Waals surface area contributed by atoms with E-state index in [1.165, 1.54) is 11.2 Å². The fourth-order valence-corrected chi connectivity index (χ4v) is 2.60. The van der Waals surface area contributed by atoms with Crippen LogP contribution in [0.5, 0.6) is 0 Å². The van der Waals surface area contributed by atoms with Crippen LogP contribution in [0.1, 0.15) is 27.8 Å². The van der Waals surface area contributed by atoms with E-state index in [0.717, 1.165) is 5.56 Å². The highest BCUT2D eigenvalue weighted by molar-refractivity contribution is 5.95. The van der Waals surface area contributed by atoms with Crippen molar-refractivity contribution >= 4 is 11.8 Å². The molecule has 2 heterocycles. The van der Waals surface area contributed by atoms with Crippen LogP contribution in [0.4, 0.5) is 0 Å². The maximum absolute atomic E-state index is 12.5. The highest BCUT2D eigenvalue weighted by Crippen LogP contribution is 2.23. The van der Waals surface area contributed by atoms with E-state index in [2.05, 4.69) is 15.4 Å².